The van der Waals surface area contributed by atoms with E-state index in [0.29, 0.717) is 0 Å². The Bertz CT molecular complexity index is 48.0. The summed E-state index contributed by atoms with van der Waals surface area (Å²) in [5.41, 5.74) is 0. The van der Waals surface area contributed by atoms with Crippen LogP contribution in [0.2, 0.25) is 0 Å². The largest absolute Gasteiger partial charge is 0.378 e. The molecular weight excluding hydrogens is 90.1 g/mol. The maximum Gasteiger partial charge on any atom is 0.108 e. The van der Waals surface area contributed by atoms with Crippen molar-refractivity contribution in [2.45, 2.75) is 20.1 Å². The third kappa shape index (κ3) is 1.14. The Hall–Kier alpha value is -0.0800. The van der Waals surface area contributed by atoms with Gasteiger partial charge in [0.1, 0.15) is 6.23 Å². The molecule has 0 saturated carbocycles. The molecule has 7 heavy (non-hydrogen) atoms. The van der Waals surface area contributed by atoms with Crippen molar-refractivity contribution in [2.24, 2.45) is 0 Å². The quantitative estimate of drug-likeness (QED) is 0.476. The smallest absolute Gasteiger partial charge is 0.108 e. The van der Waals surface area contributed by atoms with Crippen molar-refractivity contribution in [3.63, 3.8) is 0 Å². The lowest BCUT2D eigenvalue weighted by Gasteiger charge is -2.32. The van der Waals surface area contributed by atoms with Gasteiger partial charge < -0.3 is 5.11 Å². The number of likely N-dealkylation sites (tertiary alicyclic amines) is 1. The summed E-state index contributed by atoms with van der Waals surface area (Å²) in [6.45, 7) is 1.06. The van der Waals surface area contributed by atoms with Crippen LogP contribution in [-0.4, -0.2) is 29.8 Å². The van der Waals surface area contributed by atoms with Crippen molar-refractivity contribution in [1.29, 1.82) is 0 Å². The average Bonchev–Trinajstić information content (AvgIpc) is 1.61. The molecule has 0 aromatic rings. The van der Waals surface area contributed by atoms with Crippen molar-refractivity contribution < 1.29 is 5.11 Å². The number of hydrogen-bond donors (Lipinski definition) is 1. The first-order valence-corrected chi connectivity index (χ1v) is 2.19. The van der Waals surface area contributed by atoms with Crippen LogP contribution in [0.5, 0.6) is 0 Å². The Morgan fingerprint density at radius 1 is 1.71 bits per heavy atom. The van der Waals surface area contributed by atoms with Crippen molar-refractivity contribution in [3.05, 3.63) is 0 Å². The van der Waals surface area contributed by atoms with Gasteiger partial charge in [-0.15, -0.1) is 0 Å². The summed E-state index contributed by atoms with van der Waals surface area (Å²) in [4.78, 5) is 1.90. The molecule has 0 radical (unpaired) electrons. The highest BCUT2D eigenvalue weighted by Crippen LogP contribution is 2.08. The maximum atomic E-state index is 8.64. The van der Waals surface area contributed by atoms with Gasteiger partial charge in [-0.2, -0.15) is 0 Å². The van der Waals surface area contributed by atoms with Crippen molar-refractivity contribution in [1.82, 2.24) is 4.90 Å². The first kappa shape index (κ1) is 6.92. The second kappa shape index (κ2) is 2.28. The summed E-state index contributed by atoms with van der Waals surface area (Å²) in [6, 6.07) is 0. The molecule has 0 aliphatic carbocycles. The molecular formula is C5H13NO. The lowest BCUT2D eigenvalue weighted by Crippen LogP contribution is -2.44. The molecule has 1 heterocycles. The SMILES string of the molecule is C.CN1CC[C@@H]1O. The number of rotatable bonds is 0. The van der Waals surface area contributed by atoms with Gasteiger partial charge in [-0.3, -0.25) is 4.90 Å². The highest BCUT2D eigenvalue weighted by Gasteiger charge is 2.19. The standard InChI is InChI=1S/C4H9NO.CH4/c1-5-3-2-4(5)6;/h4,6H,2-3H2,1H3;1H4/t4-;/m0./s1. The van der Waals surface area contributed by atoms with Crippen LogP contribution in [-0.2, 0) is 0 Å². The second-order valence-corrected chi connectivity index (χ2v) is 1.75. The molecule has 1 aliphatic heterocycles. The van der Waals surface area contributed by atoms with E-state index in [1.54, 1.807) is 0 Å². The third-order valence-corrected chi connectivity index (χ3v) is 1.25. The van der Waals surface area contributed by atoms with Gasteiger partial charge in [0.25, 0.3) is 0 Å². The summed E-state index contributed by atoms with van der Waals surface area (Å²) in [5.74, 6) is 0. The Kier molecular flexibility index (Phi) is 2.26. The predicted octanol–water partition coefficient (Wildman–Crippen LogP) is 0.276. The summed E-state index contributed by atoms with van der Waals surface area (Å²) in [7, 11) is 1.91. The number of nitrogens with zero attached hydrogens (tertiary/aromatic N) is 1. The van der Waals surface area contributed by atoms with Gasteiger partial charge in [0.2, 0.25) is 0 Å². The molecule has 1 N–H and O–H groups in total. The first-order valence-electron chi connectivity index (χ1n) is 2.19. The minimum Gasteiger partial charge on any atom is -0.378 e. The van der Waals surface area contributed by atoms with Gasteiger partial charge >= 0.3 is 0 Å². The Morgan fingerprint density at radius 2 is 2.14 bits per heavy atom. The molecule has 0 aromatic heterocycles. The minimum absolute atomic E-state index is 0. The zero-order chi connectivity index (χ0) is 4.57. The van der Waals surface area contributed by atoms with Crippen LogP contribution >= 0.6 is 0 Å². The molecule has 2 heteroatoms. The zero-order valence-corrected chi connectivity index (χ0v) is 3.89. The molecule has 0 aromatic carbocycles. The molecule has 1 rings (SSSR count). The molecule has 1 saturated heterocycles. The fraction of sp³-hybridized carbons (Fsp3) is 1.00. The van der Waals surface area contributed by atoms with Gasteiger partial charge in [-0.25, -0.2) is 0 Å². The third-order valence-electron chi connectivity index (χ3n) is 1.25. The first-order chi connectivity index (χ1) is 2.80. The average molecular weight is 103 g/mol. The minimum atomic E-state index is -0.134. The molecule has 1 atom stereocenters. The summed E-state index contributed by atoms with van der Waals surface area (Å²) in [5, 5.41) is 8.64. The van der Waals surface area contributed by atoms with E-state index in [4.69, 9.17) is 5.11 Å². The van der Waals surface area contributed by atoms with Crippen molar-refractivity contribution in [2.75, 3.05) is 13.6 Å². The molecule has 1 aliphatic rings. The van der Waals surface area contributed by atoms with Crippen LogP contribution in [0.1, 0.15) is 13.8 Å². The topological polar surface area (TPSA) is 23.5 Å². The van der Waals surface area contributed by atoms with E-state index in [9.17, 15) is 0 Å². The normalized spacial score (nSPS) is 30.9. The van der Waals surface area contributed by atoms with Crippen LogP contribution in [0.4, 0.5) is 0 Å². The number of aliphatic hydroxyl groups excluding tert-OH is 1. The van der Waals surface area contributed by atoms with Gasteiger partial charge in [0, 0.05) is 6.54 Å². The molecule has 1 fully saturated rings. The van der Waals surface area contributed by atoms with Crippen molar-refractivity contribution >= 4 is 0 Å². The van der Waals surface area contributed by atoms with Crippen LogP contribution < -0.4 is 0 Å². The fourth-order valence-corrected chi connectivity index (χ4v) is 0.503. The van der Waals surface area contributed by atoms with E-state index in [-0.39, 0.29) is 13.7 Å². The van der Waals surface area contributed by atoms with Crippen LogP contribution in [0.15, 0.2) is 0 Å². The predicted molar refractivity (Wildman–Crippen MR) is 30.0 cm³/mol. The molecule has 0 spiro atoms. The van der Waals surface area contributed by atoms with Gasteiger partial charge in [-0.1, -0.05) is 7.43 Å². The van der Waals surface area contributed by atoms with E-state index in [1.807, 2.05) is 11.9 Å². The van der Waals surface area contributed by atoms with E-state index >= 15 is 0 Å². The molecule has 44 valence electrons. The molecule has 2 nitrogen and oxygen atoms in total. The van der Waals surface area contributed by atoms with E-state index < -0.39 is 0 Å². The van der Waals surface area contributed by atoms with E-state index in [0.717, 1.165) is 13.0 Å². The highest BCUT2D eigenvalue weighted by atomic mass is 16.3. The second-order valence-electron chi connectivity index (χ2n) is 1.75. The highest BCUT2D eigenvalue weighted by molar-refractivity contribution is 4.67. The molecule has 0 bridgehead atoms. The molecule has 0 unspecified atom stereocenters. The zero-order valence-electron chi connectivity index (χ0n) is 3.89. The Labute approximate surface area is 44.8 Å². The summed E-state index contributed by atoms with van der Waals surface area (Å²) >= 11 is 0. The monoisotopic (exact) mass is 103 g/mol. The van der Waals surface area contributed by atoms with Gasteiger partial charge in [0.15, 0.2) is 0 Å². The van der Waals surface area contributed by atoms with Crippen molar-refractivity contribution in [3.8, 4) is 0 Å². The van der Waals surface area contributed by atoms with E-state index in [2.05, 4.69) is 0 Å². The Balaban J connectivity index is 0.000000360. The fourth-order valence-electron chi connectivity index (χ4n) is 0.503. The molecule has 0 amide bonds. The maximum absolute atomic E-state index is 8.64. The van der Waals surface area contributed by atoms with E-state index in [1.165, 1.54) is 0 Å². The number of aliphatic hydroxyl groups is 1. The van der Waals surface area contributed by atoms with Crippen LogP contribution in [0, 0.1) is 0 Å². The lowest BCUT2D eigenvalue weighted by atomic mass is 10.2. The van der Waals surface area contributed by atoms with Crippen LogP contribution in [0.3, 0.4) is 0 Å². The summed E-state index contributed by atoms with van der Waals surface area (Å²) < 4.78 is 0. The van der Waals surface area contributed by atoms with Crippen LogP contribution in [0.25, 0.3) is 0 Å². The number of hydrogen-bond acceptors (Lipinski definition) is 2. The lowest BCUT2D eigenvalue weighted by molar-refractivity contribution is -0.0554. The Morgan fingerprint density at radius 3 is 2.14 bits per heavy atom. The summed E-state index contributed by atoms with van der Waals surface area (Å²) in [6.07, 6.45) is 0.821. The van der Waals surface area contributed by atoms with Gasteiger partial charge in [0.05, 0.1) is 0 Å². The van der Waals surface area contributed by atoms with Gasteiger partial charge in [-0.05, 0) is 13.5 Å².